The van der Waals surface area contributed by atoms with E-state index in [1.165, 1.54) is 11.3 Å². The molecule has 0 aliphatic carbocycles. The number of rotatable bonds is 0. The largest absolute Gasteiger partial charge is 0.354 e. The Hall–Kier alpha value is -0.330. The fourth-order valence-electron chi connectivity index (χ4n) is 0.998. The van der Waals surface area contributed by atoms with E-state index in [1.54, 1.807) is 0 Å². The molecule has 0 spiro atoms. The predicted molar refractivity (Wildman–Crippen MR) is 50.3 cm³/mol. The summed E-state index contributed by atoms with van der Waals surface area (Å²) in [5.41, 5.74) is 0. The first kappa shape index (κ1) is 7.33. The van der Waals surface area contributed by atoms with Gasteiger partial charge in [-0.1, -0.05) is 11.3 Å². The van der Waals surface area contributed by atoms with Crippen LogP contribution in [0.15, 0.2) is 0 Å². The summed E-state index contributed by atoms with van der Waals surface area (Å²) in [5, 5.41) is 3.11. The van der Waals surface area contributed by atoms with Crippen molar-refractivity contribution in [2.24, 2.45) is 0 Å². The number of aromatic nitrogens is 2. The summed E-state index contributed by atoms with van der Waals surface area (Å²) in [7, 11) is 0. The monoisotopic (exact) mass is 203 g/mol. The summed E-state index contributed by atoms with van der Waals surface area (Å²) in [5.74, 6) is 0.818. The van der Waals surface area contributed by atoms with Crippen LogP contribution in [0.1, 0.15) is 0 Å². The first-order valence-corrected chi connectivity index (χ1v) is 4.76. The van der Waals surface area contributed by atoms with Gasteiger partial charge in [0.1, 0.15) is 0 Å². The van der Waals surface area contributed by atoms with Gasteiger partial charge in [0.2, 0.25) is 5.95 Å². The molecule has 11 heavy (non-hydrogen) atoms. The van der Waals surface area contributed by atoms with Crippen molar-refractivity contribution in [2.45, 2.75) is 6.54 Å². The minimum absolute atomic E-state index is 0.607. The van der Waals surface area contributed by atoms with E-state index >= 15 is 0 Å². The predicted octanol–water partition coefficient (Wildman–Crippen LogP) is 1.83. The van der Waals surface area contributed by atoms with E-state index in [9.17, 15) is 0 Å². The smallest absolute Gasteiger partial charge is 0.206 e. The minimum atomic E-state index is 0.607. The second-order valence-electron chi connectivity index (χ2n) is 2.15. The highest BCUT2D eigenvalue weighted by Gasteiger charge is 2.09. The maximum Gasteiger partial charge on any atom is 0.206 e. The lowest BCUT2D eigenvalue weighted by Crippen LogP contribution is -1.94. The Morgan fingerprint density at radius 3 is 3.18 bits per heavy atom. The van der Waals surface area contributed by atoms with E-state index < -0.39 is 0 Å². The molecule has 0 radical (unpaired) electrons. The van der Waals surface area contributed by atoms with E-state index in [1.807, 2.05) is 4.57 Å². The van der Waals surface area contributed by atoms with Crippen molar-refractivity contribution in [3.8, 4) is 0 Å². The maximum atomic E-state index is 5.10. The van der Waals surface area contributed by atoms with Crippen molar-refractivity contribution in [3.05, 3.63) is 7.91 Å². The third kappa shape index (κ3) is 1.21. The van der Waals surface area contributed by atoms with E-state index in [4.69, 9.17) is 24.4 Å². The third-order valence-corrected chi connectivity index (χ3v) is 2.94. The Balaban J connectivity index is 2.80. The van der Waals surface area contributed by atoms with Crippen LogP contribution in [0.4, 0.5) is 5.95 Å². The van der Waals surface area contributed by atoms with Gasteiger partial charge in [0.25, 0.3) is 0 Å². The van der Waals surface area contributed by atoms with E-state index in [-0.39, 0.29) is 0 Å². The molecule has 0 aromatic carbocycles. The highest BCUT2D eigenvalue weighted by molar-refractivity contribution is 7.75. The molecule has 0 unspecified atom stereocenters. The topological polar surface area (TPSA) is 29.9 Å². The van der Waals surface area contributed by atoms with Gasteiger partial charge in [-0.25, -0.2) is 0 Å². The molecule has 1 N–H and O–H groups in total. The zero-order chi connectivity index (χ0) is 7.84. The molecule has 3 nitrogen and oxygen atoms in total. The fraction of sp³-hybridized carbons (Fsp3) is 0.400. The molecule has 1 aliphatic heterocycles. The van der Waals surface area contributed by atoms with Crippen molar-refractivity contribution in [1.29, 1.82) is 0 Å². The van der Waals surface area contributed by atoms with Crippen LogP contribution in [0.3, 0.4) is 0 Å². The number of nitrogens with zero attached hydrogens (tertiary/aromatic N) is 2. The van der Waals surface area contributed by atoms with Gasteiger partial charge < -0.3 is 5.32 Å². The first-order chi connectivity index (χ1) is 5.27. The molecule has 0 saturated carbocycles. The van der Waals surface area contributed by atoms with Gasteiger partial charge in [-0.05, 0) is 24.4 Å². The Morgan fingerprint density at radius 1 is 1.55 bits per heavy atom. The molecular formula is C5H5N3S3. The van der Waals surface area contributed by atoms with Gasteiger partial charge in [0, 0.05) is 13.1 Å². The quantitative estimate of drug-likeness (QED) is 0.652. The molecule has 2 heterocycles. The highest BCUT2D eigenvalue weighted by atomic mass is 32.2. The molecule has 1 aliphatic rings. The molecule has 0 fully saturated rings. The van der Waals surface area contributed by atoms with Crippen molar-refractivity contribution in [1.82, 2.24) is 9.55 Å². The van der Waals surface area contributed by atoms with Gasteiger partial charge in [0.05, 0.1) is 0 Å². The van der Waals surface area contributed by atoms with Gasteiger partial charge >= 0.3 is 0 Å². The molecule has 0 saturated heterocycles. The van der Waals surface area contributed by atoms with Crippen molar-refractivity contribution < 1.29 is 0 Å². The average molecular weight is 203 g/mol. The molecule has 1 aromatic heterocycles. The van der Waals surface area contributed by atoms with Crippen LogP contribution in [0.5, 0.6) is 0 Å². The third-order valence-electron chi connectivity index (χ3n) is 1.47. The second kappa shape index (κ2) is 2.62. The van der Waals surface area contributed by atoms with Gasteiger partial charge in [-0.3, -0.25) is 4.57 Å². The summed E-state index contributed by atoms with van der Waals surface area (Å²) in [6.07, 6.45) is 0. The molecular weight excluding hydrogens is 198 g/mol. The number of anilines is 1. The number of nitrogens with one attached hydrogen (secondary N) is 1. The summed E-state index contributed by atoms with van der Waals surface area (Å²) in [6.45, 7) is 1.81. The summed E-state index contributed by atoms with van der Waals surface area (Å²) >= 11 is 11.4. The summed E-state index contributed by atoms with van der Waals surface area (Å²) < 4.78 is 3.39. The summed E-state index contributed by atoms with van der Waals surface area (Å²) in [6, 6.07) is 0. The lowest BCUT2D eigenvalue weighted by Gasteiger charge is -1.98. The van der Waals surface area contributed by atoms with Crippen LogP contribution in [0.25, 0.3) is 0 Å². The average Bonchev–Trinajstić information content (AvgIpc) is 2.34. The molecule has 0 bridgehead atoms. The SMILES string of the molecule is S=c1nc2n(c(=S)s1)CCN2. The van der Waals surface area contributed by atoms with E-state index in [0.717, 1.165) is 23.0 Å². The van der Waals surface area contributed by atoms with Gasteiger partial charge in [-0.15, -0.1) is 0 Å². The van der Waals surface area contributed by atoms with Gasteiger partial charge in [0.15, 0.2) is 7.91 Å². The zero-order valence-electron chi connectivity index (χ0n) is 5.53. The van der Waals surface area contributed by atoms with Crippen LogP contribution in [0.2, 0.25) is 0 Å². The van der Waals surface area contributed by atoms with Crippen LogP contribution in [0, 0.1) is 7.91 Å². The van der Waals surface area contributed by atoms with Gasteiger partial charge in [-0.2, -0.15) is 4.98 Å². The number of fused-ring (bicyclic) bond motifs is 1. The Kier molecular flexibility index (Phi) is 1.74. The standard InChI is InChI=1S/C5H5N3S3/c9-4-7-3-6-1-2-8(3)5(10)11-4/h1-2H2,(H,6,7,9). The number of hydrogen-bond donors (Lipinski definition) is 1. The van der Waals surface area contributed by atoms with Crippen LogP contribution >= 0.6 is 35.8 Å². The minimum Gasteiger partial charge on any atom is -0.354 e. The molecule has 2 rings (SSSR count). The Bertz CT molecular complexity index is 391. The fourth-order valence-corrected chi connectivity index (χ4v) is 2.46. The van der Waals surface area contributed by atoms with Crippen molar-refractivity contribution in [2.75, 3.05) is 11.9 Å². The van der Waals surface area contributed by atoms with Crippen molar-refractivity contribution in [3.63, 3.8) is 0 Å². The lowest BCUT2D eigenvalue weighted by molar-refractivity contribution is 0.794. The highest BCUT2D eigenvalue weighted by Crippen LogP contribution is 2.14. The number of hydrogen-bond acceptors (Lipinski definition) is 5. The summed E-state index contributed by atoms with van der Waals surface area (Å²) in [4.78, 5) is 4.13. The van der Waals surface area contributed by atoms with E-state index in [0.29, 0.717) is 3.95 Å². The lowest BCUT2D eigenvalue weighted by atomic mass is 10.7. The Morgan fingerprint density at radius 2 is 2.36 bits per heavy atom. The molecule has 6 heteroatoms. The molecule has 0 atom stereocenters. The second-order valence-corrected chi connectivity index (χ2v) is 4.42. The first-order valence-electron chi connectivity index (χ1n) is 3.13. The maximum absolute atomic E-state index is 5.10. The van der Waals surface area contributed by atoms with Crippen LogP contribution < -0.4 is 5.32 Å². The van der Waals surface area contributed by atoms with E-state index in [2.05, 4.69) is 10.3 Å². The van der Waals surface area contributed by atoms with Crippen LogP contribution in [-0.4, -0.2) is 16.1 Å². The zero-order valence-corrected chi connectivity index (χ0v) is 7.98. The molecule has 58 valence electrons. The Labute approximate surface area is 77.7 Å². The van der Waals surface area contributed by atoms with Crippen LogP contribution in [-0.2, 0) is 6.54 Å². The molecule has 1 aromatic rings. The normalized spacial score (nSPS) is 14.2. The van der Waals surface area contributed by atoms with Crippen molar-refractivity contribution >= 4 is 41.7 Å². The molecule has 0 amide bonds.